The Kier molecular flexibility index (Phi) is 6.12. The van der Waals surface area contributed by atoms with Crippen molar-refractivity contribution in [1.82, 2.24) is 4.72 Å². The van der Waals surface area contributed by atoms with Crippen LogP contribution < -0.4 is 9.62 Å². The zero-order chi connectivity index (χ0) is 17.7. The molecule has 0 atom stereocenters. The van der Waals surface area contributed by atoms with Crippen molar-refractivity contribution in [1.29, 1.82) is 0 Å². The Morgan fingerprint density at radius 3 is 2.17 bits per heavy atom. The third kappa shape index (κ3) is 4.64. The van der Waals surface area contributed by atoms with E-state index in [0.29, 0.717) is 18.2 Å². The van der Waals surface area contributed by atoms with Crippen molar-refractivity contribution in [3.8, 4) is 0 Å². The van der Waals surface area contributed by atoms with Crippen molar-refractivity contribution in [2.75, 3.05) is 11.4 Å². The number of hydrogen-bond donors (Lipinski definition) is 1. The molecule has 0 spiro atoms. The monoisotopic (exact) mass is 352 g/mol. The molecule has 0 radical (unpaired) electrons. The van der Waals surface area contributed by atoms with Crippen molar-refractivity contribution < 1.29 is 18.0 Å². The normalized spacial score (nSPS) is 15.5. The van der Waals surface area contributed by atoms with Crippen LogP contribution in [-0.2, 0) is 19.6 Å². The van der Waals surface area contributed by atoms with Crippen LogP contribution in [0.3, 0.4) is 0 Å². The number of nitrogens with zero attached hydrogens (tertiary/aromatic N) is 1. The first-order valence-corrected chi connectivity index (χ1v) is 9.75. The maximum Gasteiger partial charge on any atom is 0.240 e. The average Bonchev–Trinajstić information content (AvgIpc) is 2.85. The van der Waals surface area contributed by atoms with Crippen molar-refractivity contribution in [2.24, 2.45) is 5.92 Å². The highest BCUT2D eigenvalue weighted by atomic mass is 32.2. The predicted molar refractivity (Wildman–Crippen MR) is 92.0 cm³/mol. The molecule has 6 nitrogen and oxygen atoms in total. The number of nitrogens with one attached hydrogen (secondary N) is 1. The second-order valence-electron chi connectivity index (χ2n) is 6.40. The van der Waals surface area contributed by atoms with Crippen LogP contribution in [0.1, 0.15) is 46.0 Å². The third-order valence-electron chi connectivity index (χ3n) is 3.96. The number of hydrogen-bond acceptors (Lipinski definition) is 4. The highest BCUT2D eigenvalue weighted by Crippen LogP contribution is 2.23. The van der Waals surface area contributed by atoms with E-state index in [1.165, 1.54) is 24.3 Å². The van der Waals surface area contributed by atoms with E-state index in [2.05, 4.69) is 18.6 Å². The predicted octanol–water partition coefficient (Wildman–Crippen LogP) is 2.44. The quantitative estimate of drug-likeness (QED) is 0.575. The van der Waals surface area contributed by atoms with Crippen LogP contribution >= 0.6 is 0 Å². The van der Waals surface area contributed by atoms with E-state index in [1.807, 2.05) is 0 Å². The van der Waals surface area contributed by atoms with E-state index in [4.69, 9.17) is 0 Å². The maximum absolute atomic E-state index is 12.2. The summed E-state index contributed by atoms with van der Waals surface area (Å²) in [5.41, 5.74) is 0.415. The standard InChI is InChI=1S/C17H24N2O4S/c1-13(2)5-3-4-12-18-24(22,23)15-8-6-14(7-9-15)19-16(20)10-11-17(19)21/h6-9,13,18H,3-5,10-12H2,1-2H3. The molecule has 132 valence electrons. The molecule has 0 aromatic heterocycles. The summed E-state index contributed by atoms with van der Waals surface area (Å²) in [5.74, 6) is 0.114. The Morgan fingerprint density at radius 1 is 1.04 bits per heavy atom. The van der Waals surface area contributed by atoms with E-state index >= 15 is 0 Å². The first kappa shape index (κ1) is 18.6. The van der Waals surface area contributed by atoms with Gasteiger partial charge in [0, 0.05) is 19.4 Å². The maximum atomic E-state index is 12.2. The van der Waals surface area contributed by atoms with Gasteiger partial charge in [-0.25, -0.2) is 13.1 Å². The molecule has 0 saturated carbocycles. The topological polar surface area (TPSA) is 83.6 Å². The zero-order valence-corrected chi connectivity index (χ0v) is 14.9. The SMILES string of the molecule is CC(C)CCCCNS(=O)(=O)c1ccc(N2C(=O)CCC2=O)cc1. The Hall–Kier alpha value is -1.73. The molecule has 1 aromatic rings. The number of amides is 2. The Labute approximate surface area is 143 Å². The van der Waals surface area contributed by atoms with Crippen LogP contribution in [0.2, 0.25) is 0 Å². The summed E-state index contributed by atoms with van der Waals surface area (Å²) >= 11 is 0. The van der Waals surface area contributed by atoms with Crippen LogP contribution in [0, 0.1) is 5.92 Å². The molecule has 0 unspecified atom stereocenters. The Balaban J connectivity index is 1.96. The average molecular weight is 352 g/mol. The van der Waals surface area contributed by atoms with Crippen LogP contribution in [0.25, 0.3) is 0 Å². The molecule has 1 heterocycles. The summed E-state index contributed by atoms with van der Waals surface area (Å²) in [4.78, 5) is 24.6. The molecule has 1 saturated heterocycles. The minimum Gasteiger partial charge on any atom is -0.274 e. The van der Waals surface area contributed by atoms with Gasteiger partial charge in [-0.2, -0.15) is 0 Å². The van der Waals surface area contributed by atoms with Gasteiger partial charge in [-0.3, -0.25) is 14.5 Å². The third-order valence-corrected chi connectivity index (χ3v) is 5.43. The highest BCUT2D eigenvalue weighted by molar-refractivity contribution is 7.89. The number of sulfonamides is 1. The molecule has 1 N–H and O–H groups in total. The lowest BCUT2D eigenvalue weighted by molar-refractivity contribution is -0.121. The fourth-order valence-electron chi connectivity index (χ4n) is 2.61. The number of anilines is 1. The molecule has 1 aliphatic rings. The summed E-state index contributed by atoms with van der Waals surface area (Å²) < 4.78 is 27.0. The number of unbranched alkanes of at least 4 members (excludes halogenated alkanes) is 1. The van der Waals surface area contributed by atoms with Crippen molar-refractivity contribution in [3.05, 3.63) is 24.3 Å². The number of rotatable bonds is 8. The van der Waals surface area contributed by atoms with Gasteiger partial charge in [-0.05, 0) is 36.6 Å². The molecule has 1 aliphatic heterocycles. The summed E-state index contributed by atoms with van der Waals surface area (Å²) in [7, 11) is -3.57. The molecular formula is C17H24N2O4S. The molecule has 24 heavy (non-hydrogen) atoms. The highest BCUT2D eigenvalue weighted by Gasteiger charge is 2.30. The van der Waals surface area contributed by atoms with Crippen LogP contribution in [0.15, 0.2) is 29.2 Å². The zero-order valence-electron chi connectivity index (χ0n) is 14.1. The minimum atomic E-state index is -3.57. The summed E-state index contributed by atoms with van der Waals surface area (Å²) in [5, 5.41) is 0. The van der Waals surface area contributed by atoms with Crippen molar-refractivity contribution in [2.45, 2.75) is 50.8 Å². The minimum absolute atomic E-state index is 0.134. The first-order chi connectivity index (χ1) is 11.3. The van der Waals surface area contributed by atoms with Gasteiger partial charge in [-0.15, -0.1) is 0 Å². The Bertz CT molecular complexity index is 680. The lowest BCUT2D eigenvalue weighted by atomic mass is 10.1. The van der Waals surface area contributed by atoms with Gasteiger partial charge in [0.2, 0.25) is 21.8 Å². The van der Waals surface area contributed by atoms with Gasteiger partial charge in [0.25, 0.3) is 0 Å². The molecular weight excluding hydrogens is 328 g/mol. The first-order valence-electron chi connectivity index (χ1n) is 8.27. The fraction of sp³-hybridized carbons (Fsp3) is 0.529. The second-order valence-corrected chi connectivity index (χ2v) is 8.17. The van der Waals surface area contributed by atoms with E-state index in [-0.39, 0.29) is 29.6 Å². The van der Waals surface area contributed by atoms with Crippen LogP contribution in [0.5, 0.6) is 0 Å². The van der Waals surface area contributed by atoms with E-state index in [0.717, 1.165) is 24.2 Å². The van der Waals surface area contributed by atoms with E-state index in [9.17, 15) is 18.0 Å². The van der Waals surface area contributed by atoms with Crippen LogP contribution in [0.4, 0.5) is 5.69 Å². The summed E-state index contributed by atoms with van der Waals surface area (Å²) in [6.45, 7) is 4.68. The van der Waals surface area contributed by atoms with Crippen molar-refractivity contribution >= 4 is 27.5 Å². The number of benzene rings is 1. The van der Waals surface area contributed by atoms with Gasteiger partial charge < -0.3 is 0 Å². The molecule has 0 aliphatic carbocycles. The lowest BCUT2D eigenvalue weighted by Gasteiger charge is -2.14. The van der Waals surface area contributed by atoms with Gasteiger partial charge in [-0.1, -0.05) is 26.7 Å². The van der Waals surface area contributed by atoms with Gasteiger partial charge in [0.1, 0.15) is 0 Å². The molecule has 0 bridgehead atoms. The lowest BCUT2D eigenvalue weighted by Crippen LogP contribution is -2.28. The summed E-state index contributed by atoms with van der Waals surface area (Å²) in [6, 6.07) is 5.83. The van der Waals surface area contributed by atoms with E-state index in [1.54, 1.807) is 0 Å². The van der Waals surface area contributed by atoms with Crippen LogP contribution in [-0.4, -0.2) is 26.8 Å². The molecule has 1 aromatic carbocycles. The fourth-order valence-corrected chi connectivity index (χ4v) is 3.68. The second kappa shape index (κ2) is 7.90. The smallest absolute Gasteiger partial charge is 0.240 e. The Morgan fingerprint density at radius 2 is 1.62 bits per heavy atom. The molecule has 2 rings (SSSR count). The number of imide groups is 1. The summed E-state index contributed by atoms with van der Waals surface area (Å²) in [6.07, 6.45) is 3.27. The molecule has 7 heteroatoms. The molecule has 1 fully saturated rings. The van der Waals surface area contributed by atoms with Crippen molar-refractivity contribution in [3.63, 3.8) is 0 Å². The molecule has 2 amide bonds. The van der Waals surface area contributed by atoms with E-state index < -0.39 is 10.0 Å². The van der Waals surface area contributed by atoms with Gasteiger partial charge in [0.15, 0.2) is 0 Å². The van der Waals surface area contributed by atoms with Gasteiger partial charge >= 0.3 is 0 Å². The number of carbonyl (C=O) groups excluding carboxylic acids is 2. The number of carbonyl (C=O) groups is 2. The van der Waals surface area contributed by atoms with Gasteiger partial charge in [0.05, 0.1) is 10.6 Å². The largest absolute Gasteiger partial charge is 0.274 e.